The van der Waals surface area contributed by atoms with Crippen LogP contribution in [0.15, 0.2) is 16.5 Å². The highest BCUT2D eigenvalue weighted by molar-refractivity contribution is 7.89. The zero-order chi connectivity index (χ0) is 12.9. The minimum Gasteiger partial charge on any atom is -0.465 e. The van der Waals surface area contributed by atoms with Crippen LogP contribution in [-0.2, 0) is 23.0 Å². The number of hydrogen-bond acceptors (Lipinski definition) is 4. The first-order chi connectivity index (χ1) is 7.95. The fraction of sp³-hybridized carbons (Fsp3) is 0.636. The molecule has 1 heterocycles. The lowest BCUT2D eigenvalue weighted by Crippen LogP contribution is -2.30. The molecular weight excluding hydrogens is 240 g/mol. The molecule has 0 aliphatic rings. The highest BCUT2D eigenvalue weighted by atomic mass is 32.2. The quantitative estimate of drug-likeness (QED) is 0.737. The summed E-state index contributed by atoms with van der Waals surface area (Å²) < 4.78 is 29.6. The number of furan rings is 1. The van der Waals surface area contributed by atoms with E-state index in [0.29, 0.717) is 13.1 Å². The minimum atomic E-state index is -3.11. The second-order valence-corrected chi connectivity index (χ2v) is 6.30. The van der Waals surface area contributed by atoms with E-state index in [9.17, 15) is 8.42 Å². The normalized spacial score (nSPS) is 12.2. The molecule has 0 amide bonds. The Morgan fingerprint density at radius 3 is 2.47 bits per heavy atom. The number of rotatable bonds is 7. The van der Waals surface area contributed by atoms with E-state index >= 15 is 0 Å². The first-order valence-electron chi connectivity index (χ1n) is 5.64. The first kappa shape index (κ1) is 14.2. The molecule has 0 atom stereocenters. The first-order valence-corrected chi connectivity index (χ1v) is 7.25. The zero-order valence-electron chi connectivity index (χ0n) is 10.6. The Hall–Kier alpha value is -0.850. The van der Waals surface area contributed by atoms with Gasteiger partial charge in [0, 0.05) is 27.1 Å². The zero-order valence-corrected chi connectivity index (χ0v) is 11.4. The Morgan fingerprint density at radius 2 is 1.94 bits per heavy atom. The summed E-state index contributed by atoms with van der Waals surface area (Å²) in [7, 11) is -0.0377. The summed E-state index contributed by atoms with van der Waals surface area (Å²) in [5.74, 6) is 1.88. The summed E-state index contributed by atoms with van der Waals surface area (Å²) in [5.41, 5.74) is 0. The van der Waals surface area contributed by atoms with E-state index in [1.807, 2.05) is 19.1 Å². The third kappa shape index (κ3) is 4.49. The van der Waals surface area contributed by atoms with Crippen LogP contribution in [0.3, 0.4) is 0 Å². The van der Waals surface area contributed by atoms with Crippen LogP contribution in [0.5, 0.6) is 0 Å². The standard InChI is InChI=1S/C11H20N2O3S/c1-4-10-5-6-11(16-10)9-12-7-8-17(14,15)13(2)3/h5-6,12H,4,7-9H2,1-3H3. The predicted molar refractivity (Wildman–Crippen MR) is 67.3 cm³/mol. The molecule has 0 aliphatic carbocycles. The molecule has 1 N–H and O–H groups in total. The lowest BCUT2D eigenvalue weighted by atomic mass is 10.3. The van der Waals surface area contributed by atoms with Crippen LogP contribution >= 0.6 is 0 Å². The Bertz CT molecular complexity index is 437. The van der Waals surface area contributed by atoms with Crippen LogP contribution in [0, 0.1) is 0 Å². The van der Waals surface area contributed by atoms with E-state index < -0.39 is 10.0 Å². The average molecular weight is 260 g/mol. The van der Waals surface area contributed by atoms with Crippen LogP contribution in [-0.4, -0.2) is 39.1 Å². The molecule has 6 heteroatoms. The van der Waals surface area contributed by atoms with E-state index in [1.165, 1.54) is 18.4 Å². The highest BCUT2D eigenvalue weighted by Crippen LogP contribution is 2.07. The number of aryl methyl sites for hydroxylation is 1. The summed E-state index contributed by atoms with van der Waals surface area (Å²) in [6.07, 6.45) is 0.870. The second kappa shape index (κ2) is 6.18. The summed E-state index contributed by atoms with van der Waals surface area (Å²) in [4.78, 5) is 0. The third-order valence-corrected chi connectivity index (χ3v) is 4.29. The van der Waals surface area contributed by atoms with E-state index in [4.69, 9.17) is 4.42 Å². The number of sulfonamides is 1. The van der Waals surface area contributed by atoms with Gasteiger partial charge >= 0.3 is 0 Å². The van der Waals surface area contributed by atoms with Crippen molar-refractivity contribution in [2.45, 2.75) is 19.9 Å². The van der Waals surface area contributed by atoms with Gasteiger partial charge in [-0.1, -0.05) is 6.92 Å². The molecule has 0 saturated carbocycles. The van der Waals surface area contributed by atoms with Gasteiger partial charge in [0.15, 0.2) is 0 Å². The van der Waals surface area contributed by atoms with Crippen molar-refractivity contribution in [1.29, 1.82) is 0 Å². The average Bonchev–Trinajstić information content (AvgIpc) is 2.72. The number of hydrogen-bond donors (Lipinski definition) is 1. The number of nitrogens with one attached hydrogen (secondary N) is 1. The molecular formula is C11H20N2O3S. The molecule has 0 unspecified atom stereocenters. The van der Waals surface area contributed by atoms with Gasteiger partial charge in [-0.25, -0.2) is 12.7 Å². The van der Waals surface area contributed by atoms with Crippen molar-refractivity contribution in [2.24, 2.45) is 0 Å². The van der Waals surface area contributed by atoms with Crippen molar-refractivity contribution in [3.63, 3.8) is 0 Å². The van der Waals surface area contributed by atoms with Crippen molar-refractivity contribution in [2.75, 3.05) is 26.4 Å². The van der Waals surface area contributed by atoms with E-state index in [-0.39, 0.29) is 5.75 Å². The van der Waals surface area contributed by atoms with E-state index in [1.54, 1.807) is 0 Å². The van der Waals surface area contributed by atoms with Gasteiger partial charge in [-0.3, -0.25) is 0 Å². The van der Waals surface area contributed by atoms with Crippen LogP contribution < -0.4 is 5.32 Å². The van der Waals surface area contributed by atoms with Crippen LogP contribution in [0.25, 0.3) is 0 Å². The fourth-order valence-electron chi connectivity index (χ4n) is 1.30. The van der Waals surface area contributed by atoms with Gasteiger partial charge in [0.05, 0.1) is 12.3 Å². The van der Waals surface area contributed by atoms with Crippen LogP contribution in [0.4, 0.5) is 0 Å². The molecule has 0 fully saturated rings. The molecule has 0 aliphatic heterocycles. The van der Waals surface area contributed by atoms with Gasteiger partial charge in [-0.2, -0.15) is 0 Å². The largest absolute Gasteiger partial charge is 0.465 e. The van der Waals surface area contributed by atoms with Crippen LogP contribution in [0.1, 0.15) is 18.4 Å². The van der Waals surface area contributed by atoms with Crippen molar-refractivity contribution in [3.8, 4) is 0 Å². The van der Waals surface area contributed by atoms with Gasteiger partial charge in [0.2, 0.25) is 10.0 Å². The molecule has 1 rings (SSSR count). The molecule has 1 aromatic rings. The smallest absolute Gasteiger partial charge is 0.214 e. The third-order valence-electron chi connectivity index (χ3n) is 2.46. The Kier molecular flexibility index (Phi) is 5.17. The molecule has 0 saturated heterocycles. The van der Waals surface area contributed by atoms with Crippen molar-refractivity contribution in [1.82, 2.24) is 9.62 Å². The maximum atomic E-state index is 11.5. The Balaban J connectivity index is 2.29. The van der Waals surface area contributed by atoms with Crippen molar-refractivity contribution < 1.29 is 12.8 Å². The monoisotopic (exact) mass is 260 g/mol. The van der Waals surface area contributed by atoms with Crippen molar-refractivity contribution in [3.05, 3.63) is 23.7 Å². The SMILES string of the molecule is CCc1ccc(CNCCS(=O)(=O)N(C)C)o1. The lowest BCUT2D eigenvalue weighted by Gasteiger charge is -2.11. The maximum absolute atomic E-state index is 11.5. The molecule has 0 aromatic carbocycles. The molecule has 5 nitrogen and oxygen atoms in total. The van der Waals surface area contributed by atoms with E-state index in [0.717, 1.165) is 17.9 Å². The highest BCUT2D eigenvalue weighted by Gasteiger charge is 2.12. The summed E-state index contributed by atoms with van der Waals surface area (Å²) in [6, 6.07) is 3.85. The molecule has 0 radical (unpaired) electrons. The summed E-state index contributed by atoms with van der Waals surface area (Å²) >= 11 is 0. The van der Waals surface area contributed by atoms with Gasteiger partial charge in [0.25, 0.3) is 0 Å². The predicted octanol–water partition coefficient (Wildman–Crippen LogP) is 0.823. The van der Waals surface area contributed by atoms with Crippen molar-refractivity contribution >= 4 is 10.0 Å². The Labute approximate surface area is 103 Å². The van der Waals surface area contributed by atoms with Gasteiger partial charge in [-0.15, -0.1) is 0 Å². The fourth-order valence-corrected chi connectivity index (χ4v) is 2.07. The number of nitrogens with zero attached hydrogens (tertiary/aromatic N) is 1. The molecule has 17 heavy (non-hydrogen) atoms. The molecule has 98 valence electrons. The topological polar surface area (TPSA) is 62.6 Å². The van der Waals surface area contributed by atoms with Gasteiger partial charge in [-0.05, 0) is 12.1 Å². The second-order valence-electron chi connectivity index (χ2n) is 4.00. The molecule has 0 spiro atoms. The Morgan fingerprint density at radius 1 is 1.29 bits per heavy atom. The maximum Gasteiger partial charge on any atom is 0.214 e. The minimum absolute atomic E-state index is 0.0986. The van der Waals surface area contributed by atoms with Crippen LogP contribution in [0.2, 0.25) is 0 Å². The van der Waals surface area contributed by atoms with Gasteiger partial charge in [0.1, 0.15) is 11.5 Å². The van der Waals surface area contributed by atoms with E-state index in [2.05, 4.69) is 5.32 Å². The van der Waals surface area contributed by atoms with Gasteiger partial charge < -0.3 is 9.73 Å². The molecule has 1 aromatic heterocycles. The summed E-state index contributed by atoms with van der Waals surface area (Å²) in [5, 5.41) is 3.05. The molecule has 0 bridgehead atoms. The summed E-state index contributed by atoms with van der Waals surface area (Å²) in [6.45, 7) is 3.01. The lowest BCUT2D eigenvalue weighted by molar-refractivity contribution is 0.452.